The Labute approximate surface area is 134 Å². The summed E-state index contributed by atoms with van der Waals surface area (Å²) < 4.78 is 23.0. The molecule has 0 aromatic carbocycles. The zero-order valence-corrected chi connectivity index (χ0v) is 14.9. The van der Waals surface area contributed by atoms with Gasteiger partial charge in [0.1, 0.15) is 9.84 Å². The molecule has 1 unspecified atom stereocenters. The van der Waals surface area contributed by atoms with Crippen LogP contribution in [0.3, 0.4) is 0 Å². The molecule has 1 N–H and O–H groups in total. The van der Waals surface area contributed by atoms with E-state index in [-0.39, 0.29) is 17.4 Å². The van der Waals surface area contributed by atoms with Gasteiger partial charge in [-0.3, -0.25) is 4.79 Å². The van der Waals surface area contributed by atoms with Gasteiger partial charge >= 0.3 is 0 Å². The second-order valence-corrected chi connectivity index (χ2v) is 10.2. The molecule has 0 spiro atoms. The number of sulfone groups is 1. The van der Waals surface area contributed by atoms with Crippen molar-refractivity contribution in [2.45, 2.75) is 52.0 Å². The van der Waals surface area contributed by atoms with Crippen molar-refractivity contribution in [2.75, 3.05) is 31.1 Å². The number of piperidine rings is 1. The van der Waals surface area contributed by atoms with Gasteiger partial charge in [-0.1, -0.05) is 0 Å². The number of amides is 1. The van der Waals surface area contributed by atoms with E-state index in [2.05, 4.69) is 10.2 Å². The maximum Gasteiger partial charge on any atom is 0.224 e. The predicted octanol–water partition coefficient (Wildman–Crippen LogP) is 1.44. The third-order valence-electron chi connectivity index (χ3n) is 4.57. The van der Waals surface area contributed by atoms with Gasteiger partial charge in [-0.05, 0) is 58.9 Å². The van der Waals surface area contributed by atoms with Crippen LogP contribution in [-0.4, -0.2) is 55.9 Å². The first-order chi connectivity index (χ1) is 10.1. The average Bonchev–Trinajstić information content (AvgIpc) is 2.40. The van der Waals surface area contributed by atoms with Gasteiger partial charge in [0.25, 0.3) is 0 Å². The summed E-state index contributed by atoms with van der Waals surface area (Å²) in [6.07, 6.45) is 3.56. The standard InChI is InChI=1S/C16H30N2O3S/c1-16(2,3)17-15(19)14-5-4-8-18(12-14)11-13-6-9-22(20,21)10-7-13/h13-14H,4-12H2,1-3H3,(H,17,19). The molecule has 2 aliphatic rings. The highest BCUT2D eigenvalue weighted by molar-refractivity contribution is 7.91. The number of hydrogen-bond acceptors (Lipinski definition) is 4. The molecular weight excluding hydrogens is 300 g/mol. The molecule has 0 bridgehead atoms. The van der Waals surface area contributed by atoms with Crippen LogP contribution in [-0.2, 0) is 14.6 Å². The highest BCUT2D eigenvalue weighted by Gasteiger charge is 2.30. The molecule has 1 atom stereocenters. The number of nitrogens with one attached hydrogen (secondary N) is 1. The minimum atomic E-state index is -2.78. The van der Waals surface area contributed by atoms with Gasteiger partial charge in [-0.15, -0.1) is 0 Å². The van der Waals surface area contributed by atoms with E-state index in [0.717, 1.165) is 45.3 Å². The summed E-state index contributed by atoms with van der Waals surface area (Å²) >= 11 is 0. The van der Waals surface area contributed by atoms with Gasteiger partial charge in [0, 0.05) is 18.6 Å². The number of likely N-dealkylation sites (tertiary alicyclic amines) is 1. The molecule has 0 aromatic rings. The van der Waals surface area contributed by atoms with E-state index < -0.39 is 9.84 Å². The van der Waals surface area contributed by atoms with E-state index in [4.69, 9.17) is 0 Å². The van der Waals surface area contributed by atoms with Gasteiger partial charge in [-0.25, -0.2) is 8.42 Å². The molecular formula is C16H30N2O3S. The second-order valence-electron chi connectivity index (χ2n) is 7.93. The number of nitrogens with zero attached hydrogens (tertiary/aromatic N) is 1. The Bertz CT molecular complexity index is 482. The Morgan fingerprint density at radius 1 is 1.18 bits per heavy atom. The van der Waals surface area contributed by atoms with Crippen LogP contribution in [0.2, 0.25) is 0 Å². The van der Waals surface area contributed by atoms with Gasteiger partial charge in [0.15, 0.2) is 0 Å². The monoisotopic (exact) mass is 330 g/mol. The normalized spacial score (nSPS) is 27.5. The molecule has 5 nitrogen and oxygen atoms in total. The summed E-state index contributed by atoms with van der Waals surface area (Å²) in [6, 6.07) is 0. The van der Waals surface area contributed by atoms with Crippen LogP contribution >= 0.6 is 0 Å². The summed E-state index contributed by atoms with van der Waals surface area (Å²) in [5.41, 5.74) is -0.183. The van der Waals surface area contributed by atoms with Crippen molar-refractivity contribution >= 4 is 15.7 Å². The molecule has 1 amide bonds. The van der Waals surface area contributed by atoms with Crippen molar-refractivity contribution in [3.8, 4) is 0 Å². The third kappa shape index (κ3) is 5.54. The number of rotatable bonds is 3. The Kier molecular flexibility index (Phi) is 5.54. The third-order valence-corrected chi connectivity index (χ3v) is 6.28. The van der Waals surface area contributed by atoms with E-state index in [9.17, 15) is 13.2 Å². The van der Waals surface area contributed by atoms with Gasteiger partial charge in [0.05, 0.1) is 17.4 Å². The maximum absolute atomic E-state index is 12.3. The zero-order chi connectivity index (χ0) is 16.4. The smallest absolute Gasteiger partial charge is 0.224 e. The molecule has 0 aliphatic carbocycles. The second kappa shape index (κ2) is 6.87. The van der Waals surface area contributed by atoms with Crippen molar-refractivity contribution in [3.05, 3.63) is 0 Å². The van der Waals surface area contributed by atoms with Crippen molar-refractivity contribution in [2.24, 2.45) is 11.8 Å². The lowest BCUT2D eigenvalue weighted by Crippen LogP contribution is -2.49. The number of carbonyl (C=O) groups excluding carboxylic acids is 1. The lowest BCUT2D eigenvalue weighted by molar-refractivity contribution is -0.128. The van der Waals surface area contributed by atoms with Crippen LogP contribution < -0.4 is 5.32 Å². The molecule has 22 heavy (non-hydrogen) atoms. The van der Waals surface area contributed by atoms with Crippen LogP contribution in [0.15, 0.2) is 0 Å². The van der Waals surface area contributed by atoms with E-state index in [0.29, 0.717) is 17.4 Å². The van der Waals surface area contributed by atoms with Gasteiger partial charge in [0.2, 0.25) is 5.91 Å². The van der Waals surface area contributed by atoms with Crippen LogP contribution in [0.4, 0.5) is 0 Å². The first-order valence-electron chi connectivity index (χ1n) is 8.39. The number of carbonyl (C=O) groups is 1. The van der Waals surface area contributed by atoms with Crippen molar-refractivity contribution in [3.63, 3.8) is 0 Å². The summed E-state index contributed by atoms with van der Waals surface area (Å²) in [4.78, 5) is 14.7. The quantitative estimate of drug-likeness (QED) is 0.850. The van der Waals surface area contributed by atoms with E-state index >= 15 is 0 Å². The Balaban J connectivity index is 1.82. The van der Waals surface area contributed by atoms with Crippen LogP contribution in [0.25, 0.3) is 0 Å². The molecule has 2 rings (SSSR count). The van der Waals surface area contributed by atoms with Crippen molar-refractivity contribution in [1.82, 2.24) is 10.2 Å². The summed E-state index contributed by atoms with van der Waals surface area (Å²) in [6.45, 7) is 8.80. The fourth-order valence-electron chi connectivity index (χ4n) is 3.39. The highest BCUT2D eigenvalue weighted by atomic mass is 32.2. The molecule has 2 aliphatic heterocycles. The minimum Gasteiger partial charge on any atom is -0.351 e. The lowest BCUT2D eigenvalue weighted by Gasteiger charge is -2.36. The first-order valence-corrected chi connectivity index (χ1v) is 10.2. The first kappa shape index (κ1) is 17.7. The average molecular weight is 330 g/mol. The predicted molar refractivity (Wildman–Crippen MR) is 88.4 cm³/mol. The largest absolute Gasteiger partial charge is 0.351 e. The Hall–Kier alpha value is -0.620. The SMILES string of the molecule is CC(C)(C)NC(=O)C1CCCN(CC2CCS(=O)(=O)CC2)C1. The fourth-order valence-corrected chi connectivity index (χ4v) is 4.98. The zero-order valence-electron chi connectivity index (χ0n) is 14.1. The lowest BCUT2D eigenvalue weighted by atomic mass is 9.94. The molecule has 2 saturated heterocycles. The van der Waals surface area contributed by atoms with Crippen LogP contribution in [0.1, 0.15) is 46.5 Å². The highest BCUT2D eigenvalue weighted by Crippen LogP contribution is 2.23. The van der Waals surface area contributed by atoms with Crippen molar-refractivity contribution in [1.29, 1.82) is 0 Å². The van der Waals surface area contributed by atoms with Crippen LogP contribution in [0.5, 0.6) is 0 Å². The van der Waals surface area contributed by atoms with E-state index in [1.54, 1.807) is 0 Å². The van der Waals surface area contributed by atoms with Gasteiger partial charge in [-0.2, -0.15) is 0 Å². The molecule has 2 heterocycles. The summed E-state index contributed by atoms with van der Waals surface area (Å²) in [7, 11) is -2.78. The van der Waals surface area contributed by atoms with Crippen molar-refractivity contribution < 1.29 is 13.2 Å². The summed E-state index contributed by atoms with van der Waals surface area (Å²) in [5.74, 6) is 1.36. The molecule has 2 fully saturated rings. The molecule has 6 heteroatoms. The Morgan fingerprint density at radius 2 is 1.82 bits per heavy atom. The molecule has 0 saturated carbocycles. The minimum absolute atomic E-state index is 0.0697. The maximum atomic E-state index is 12.3. The van der Waals surface area contributed by atoms with Crippen LogP contribution in [0, 0.1) is 11.8 Å². The molecule has 0 aromatic heterocycles. The molecule has 128 valence electrons. The number of hydrogen-bond donors (Lipinski definition) is 1. The topological polar surface area (TPSA) is 66.5 Å². The van der Waals surface area contributed by atoms with Gasteiger partial charge < -0.3 is 10.2 Å². The summed E-state index contributed by atoms with van der Waals surface area (Å²) in [5, 5.41) is 3.08. The molecule has 0 radical (unpaired) electrons. The van der Waals surface area contributed by atoms with E-state index in [1.165, 1.54) is 0 Å². The fraction of sp³-hybridized carbons (Fsp3) is 0.938. The Morgan fingerprint density at radius 3 is 2.41 bits per heavy atom. The van der Waals surface area contributed by atoms with E-state index in [1.807, 2.05) is 20.8 Å².